The normalized spacial score (nSPS) is 34.9. The van der Waals surface area contributed by atoms with Gasteiger partial charge in [0.05, 0.1) is 0 Å². The standard InChI is InChI=1S/C20H28NO2.C4H9.CH4.Y/c1-19(2)9-5-6-16-15(19)8-7-12-10-13-14(11-20(12,16)3)18(23)21(4)17(13)22;1-4(2)3;;/h12-14H,4-11H2,1-3H3;1-3H3;1H4;/q2*-1;;. The third-order valence-electron chi connectivity index (χ3n) is 7.58. The molecule has 0 spiro atoms. The van der Waals surface area contributed by atoms with Gasteiger partial charge in [-0.05, 0) is 61.7 Å². The molecule has 1 heterocycles. The fourth-order valence-corrected chi connectivity index (χ4v) is 6.20. The second-order valence-electron chi connectivity index (χ2n) is 10.6. The molecule has 4 rings (SSSR count). The van der Waals surface area contributed by atoms with Gasteiger partial charge in [0.15, 0.2) is 0 Å². The van der Waals surface area contributed by atoms with Crippen molar-refractivity contribution in [2.75, 3.05) is 0 Å². The van der Waals surface area contributed by atoms with Crippen molar-refractivity contribution in [1.82, 2.24) is 4.90 Å². The Morgan fingerprint density at radius 2 is 1.55 bits per heavy atom. The Balaban J connectivity index is 0.000000646. The zero-order valence-corrected chi connectivity index (χ0v) is 21.6. The number of likely N-dealkylation sites (tertiary alicyclic amines) is 1. The van der Waals surface area contributed by atoms with Crippen molar-refractivity contribution < 1.29 is 42.3 Å². The summed E-state index contributed by atoms with van der Waals surface area (Å²) in [7, 11) is 3.69. The van der Waals surface area contributed by atoms with Crippen LogP contribution in [0.15, 0.2) is 11.1 Å². The van der Waals surface area contributed by atoms with Gasteiger partial charge in [0.1, 0.15) is 0 Å². The maximum absolute atomic E-state index is 12.5. The third-order valence-corrected chi connectivity index (χ3v) is 7.58. The molecule has 29 heavy (non-hydrogen) atoms. The van der Waals surface area contributed by atoms with Gasteiger partial charge in [0.2, 0.25) is 11.8 Å². The van der Waals surface area contributed by atoms with Crippen LogP contribution in [0.2, 0.25) is 0 Å². The molecule has 2 fully saturated rings. The van der Waals surface area contributed by atoms with Crippen LogP contribution >= 0.6 is 0 Å². The molecule has 1 saturated carbocycles. The predicted octanol–water partition coefficient (Wildman–Crippen LogP) is 6.35. The van der Waals surface area contributed by atoms with E-state index in [0.29, 0.717) is 11.3 Å². The van der Waals surface area contributed by atoms with Crippen LogP contribution in [0.1, 0.15) is 93.9 Å². The van der Waals surface area contributed by atoms with Crippen LogP contribution in [0.4, 0.5) is 0 Å². The van der Waals surface area contributed by atoms with E-state index >= 15 is 0 Å². The van der Waals surface area contributed by atoms with E-state index in [0.717, 1.165) is 17.7 Å². The van der Waals surface area contributed by atoms with Gasteiger partial charge in [-0.1, -0.05) is 39.3 Å². The second-order valence-corrected chi connectivity index (χ2v) is 10.6. The number of imide groups is 1. The first-order valence-electron chi connectivity index (χ1n) is 10.7. The molecule has 0 aromatic rings. The molecular formula is C25H41NO2Y-2. The Bertz CT molecular complexity index is 663. The van der Waals surface area contributed by atoms with E-state index in [9.17, 15) is 9.59 Å². The summed E-state index contributed by atoms with van der Waals surface area (Å²) in [6.45, 7) is 13.4. The summed E-state index contributed by atoms with van der Waals surface area (Å²) in [5.74, 6) is 1.67. The first-order chi connectivity index (χ1) is 12.5. The molecule has 2 amide bonds. The quantitative estimate of drug-likeness (QED) is 0.232. The van der Waals surface area contributed by atoms with Gasteiger partial charge in [-0.15, -0.1) is 0 Å². The van der Waals surface area contributed by atoms with Crippen molar-refractivity contribution in [3.05, 3.63) is 24.1 Å². The summed E-state index contributed by atoms with van der Waals surface area (Å²) in [4.78, 5) is 26.0. The molecule has 0 aromatic heterocycles. The smallest absolute Gasteiger partial charge is 0.203 e. The van der Waals surface area contributed by atoms with Crippen molar-refractivity contribution in [1.29, 1.82) is 0 Å². The fraction of sp³-hybridized carbons (Fsp3) is 0.760. The Kier molecular flexibility index (Phi) is 8.98. The van der Waals surface area contributed by atoms with Crippen LogP contribution in [-0.4, -0.2) is 16.7 Å². The largest absolute Gasteiger partial charge is 0.438 e. The van der Waals surface area contributed by atoms with E-state index in [1.54, 1.807) is 11.1 Å². The summed E-state index contributed by atoms with van der Waals surface area (Å²) in [5, 5.41) is 0. The number of rotatable bonds is 0. The van der Waals surface area contributed by atoms with Gasteiger partial charge in [-0.3, -0.25) is 9.59 Å². The molecule has 0 bridgehead atoms. The number of carbonyl (C=O) groups excluding carboxylic acids is 2. The molecule has 4 atom stereocenters. The van der Waals surface area contributed by atoms with Crippen molar-refractivity contribution in [2.24, 2.45) is 28.6 Å². The van der Waals surface area contributed by atoms with E-state index in [2.05, 4.69) is 48.6 Å². The molecule has 4 heteroatoms. The number of allylic oxidation sites excluding steroid dienone is 2. The number of hydrogen-bond donors (Lipinski definition) is 0. The monoisotopic (exact) mass is 476 g/mol. The first kappa shape index (κ1) is 27.0. The Labute approximate surface area is 204 Å². The Morgan fingerprint density at radius 3 is 2.14 bits per heavy atom. The van der Waals surface area contributed by atoms with Crippen LogP contribution in [0, 0.1) is 41.5 Å². The maximum Gasteiger partial charge on any atom is 0.203 e. The SMILES string of the molecule is C.C[C-](C)C.[CH2-]N1C(=O)C2CC3CCC4=C(CCCC4(C)C)C3(C)CC2C1=O.[Y]. The van der Waals surface area contributed by atoms with E-state index in [1.807, 2.05) is 0 Å². The van der Waals surface area contributed by atoms with E-state index in [-0.39, 0.29) is 69.2 Å². The molecule has 4 aliphatic rings. The summed E-state index contributed by atoms with van der Waals surface area (Å²) >= 11 is 0. The zero-order chi connectivity index (χ0) is 20.1. The molecular weight excluding hydrogens is 435 g/mol. The Hall–Kier alpha value is -0.0161. The van der Waals surface area contributed by atoms with Gasteiger partial charge in [0, 0.05) is 44.5 Å². The topological polar surface area (TPSA) is 37.4 Å². The predicted molar refractivity (Wildman–Crippen MR) is 116 cm³/mol. The minimum atomic E-state index is -0.127. The van der Waals surface area contributed by atoms with Crippen molar-refractivity contribution >= 4 is 11.8 Å². The van der Waals surface area contributed by atoms with Gasteiger partial charge in [-0.25, -0.2) is 7.05 Å². The van der Waals surface area contributed by atoms with Crippen molar-refractivity contribution in [3.63, 3.8) is 0 Å². The van der Waals surface area contributed by atoms with Gasteiger partial charge >= 0.3 is 0 Å². The maximum atomic E-state index is 12.5. The van der Waals surface area contributed by atoms with Gasteiger partial charge < -0.3 is 10.8 Å². The van der Waals surface area contributed by atoms with E-state index < -0.39 is 0 Å². The summed E-state index contributed by atoms with van der Waals surface area (Å²) in [6.07, 6.45) is 7.85. The van der Waals surface area contributed by atoms with Crippen LogP contribution in [-0.2, 0) is 42.3 Å². The van der Waals surface area contributed by atoms with E-state index in [1.165, 1.54) is 38.0 Å². The van der Waals surface area contributed by atoms with E-state index in [4.69, 9.17) is 0 Å². The molecule has 3 nitrogen and oxygen atoms in total. The van der Waals surface area contributed by atoms with Gasteiger partial charge in [0.25, 0.3) is 0 Å². The molecule has 0 aromatic carbocycles. The Morgan fingerprint density at radius 1 is 1.00 bits per heavy atom. The number of carbonyl (C=O) groups is 2. The minimum Gasteiger partial charge on any atom is -0.438 e. The van der Waals surface area contributed by atoms with Gasteiger partial charge in [-0.2, -0.15) is 20.8 Å². The molecule has 163 valence electrons. The van der Waals surface area contributed by atoms with Crippen LogP contribution < -0.4 is 0 Å². The molecule has 1 radical (unpaired) electrons. The third kappa shape index (κ3) is 4.76. The fourth-order valence-electron chi connectivity index (χ4n) is 6.20. The molecule has 0 N–H and O–H groups in total. The number of hydrogen-bond acceptors (Lipinski definition) is 2. The minimum absolute atomic E-state index is 0. The summed E-state index contributed by atoms with van der Waals surface area (Å²) < 4.78 is 0. The summed E-state index contributed by atoms with van der Waals surface area (Å²) in [5.41, 5.74) is 3.75. The molecule has 4 unspecified atom stereocenters. The first-order valence-corrected chi connectivity index (χ1v) is 10.7. The summed E-state index contributed by atoms with van der Waals surface area (Å²) in [6, 6.07) is 0. The molecule has 1 aliphatic heterocycles. The average molecular weight is 477 g/mol. The number of nitrogens with zero attached hydrogens (tertiary/aromatic N) is 1. The van der Waals surface area contributed by atoms with Crippen molar-refractivity contribution in [3.8, 4) is 0 Å². The van der Waals surface area contributed by atoms with Crippen molar-refractivity contribution in [2.45, 2.75) is 93.9 Å². The molecule has 1 saturated heterocycles. The second kappa shape index (κ2) is 9.64. The zero-order valence-electron chi connectivity index (χ0n) is 18.7. The number of fused-ring (bicyclic) bond motifs is 3. The average Bonchev–Trinajstić information content (AvgIpc) is 2.76. The van der Waals surface area contributed by atoms with Crippen LogP contribution in [0.5, 0.6) is 0 Å². The van der Waals surface area contributed by atoms with Crippen LogP contribution in [0.25, 0.3) is 0 Å². The number of amides is 2. The molecule has 3 aliphatic carbocycles. The van der Waals surface area contributed by atoms with Crippen LogP contribution in [0.3, 0.4) is 0 Å².